The van der Waals surface area contributed by atoms with E-state index in [9.17, 15) is 4.79 Å². The van der Waals surface area contributed by atoms with Crippen LogP contribution >= 0.6 is 0 Å². The predicted octanol–water partition coefficient (Wildman–Crippen LogP) is 4.04. The maximum absolute atomic E-state index is 12.7. The molecule has 2 amide bonds. The van der Waals surface area contributed by atoms with E-state index in [-0.39, 0.29) is 6.03 Å². The number of aromatic nitrogens is 1. The third kappa shape index (κ3) is 5.60. The number of fused-ring (bicyclic) bond motifs is 1. The largest absolute Gasteiger partial charge is 0.494 e. The van der Waals surface area contributed by atoms with Crippen molar-refractivity contribution in [1.29, 1.82) is 0 Å². The van der Waals surface area contributed by atoms with Crippen molar-refractivity contribution in [3.8, 4) is 5.75 Å². The summed E-state index contributed by atoms with van der Waals surface area (Å²) >= 11 is 0. The Hall–Kier alpha value is -3.03. The second kappa shape index (κ2) is 10.5. The molecule has 1 aliphatic heterocycles. The third-order valence-electron chi connectivity index (χ3n) is 5.78. The van der Waals surface area contributed by atoms with Crippen molar-refractivity contribution in [2.24, 2.45) is 0 Å². The molecule has 0 aliphatic carbocycles. The van der Waals surface area contributed by atoms with Gasteiger partial charge >= 0.3 is 6.03 Å². The lowest BCUT2D eigenvalue weighted by atomic mass is 10.2. The third-order valence-corrected chi connectivity index (χ3v) is 5.78. The van der Waals surface area contributed by atoms with Crippen molar-refractivity contribution >= 4 is 22.6 Å². The summed E-state index contributed by atoms with van der Waals surface area (Å²) in [7, 11) is 1.80. The number of benzene rings is 2. The number of hydrogen-bond donors (Lipinski definition) is 1. The van der Waals surface area contributed by atoms with Crippen LogP contribution in [0.1, 0.15) is 12.5 Å². The van der Waals surface area contributed by atoms with E-state index >= 15 is 0 Å². The molecule has 7 nitrogen and oxygen atoms in total. The molecule has 7 heteroatoms. The Morgan fingerprint density at radius 1 is 1.09 bits per heavy atom. The number of rotatable bonds is 8. The highest BCUT2D eigenvalue weighted by atomic mass is 16.5. The van der Waals surface area contributed by atoms with E-state index < -0.39 is 0 Å². The van der Waals surface area contributed by atoms with E-state index in [1.165, 1.54) is 5.52 Å². The highest BCUT2D eigenvalue weighted by Crippen LogP contribution is 2.21. The van der Waals surface area contributed by atoms with E-state index in [4.69, 9.17) is 9.47 Å². The molecule has 0 atom stereocenters. The van der Waals surface area contributed by atoms with Crippen LogP contribution < -0.4 is 10.1 Å². The molecule has 170 valence electrons. The normalized spacial score (nSPS) is 14.4. The van der Waals surface area contributed by atoms with Gasteiger partial charge in [0.2, 0.25) is 0 Å². The first-order chi connectivity index (χ1) is 15.6. The second-order valence-corrected chi connectivity index (χ2v) is 8.10. The van der Waals surface area contributed by atoms with E-state index in [1.54, 1.807) is 11.9 Å². The maximum atomic E-state index is 12.7. The molecule has 0 saturated carbocycles. The van der Waals surface area contributed by atoms with Crippen molar-refractivity contribution in [2.75, 3.05) is 51.8 Å². The number of amides is 2. The Bertz CT molecular complexity index is 1030. The average molecular weight is 437 g/mol. The highest BCUT2D eigenvalue weighted by molar-refractivity contribution is 5.92. The van der Waals surface area contributed by atoms with Crippen LogP contribution in [-0.4, -0.2) is 66.9 Å². The van der Waals surface area contributed by atoms with Crippen LogP contribution in [0.4, 0.5) is 10.5 Å². The maximum Gasteiger partial charge on any atom is 0.321 e. The molecule has 4 rings (SSSR count). The van der Waals surface area contributed by atoms with E-state index in [0.29, 0.717) is 13.2 Å². The van der Waals surface area contributed by atoms with Gasteiger partial charge in [-0.1, -0.05) is 12.1 Å². The molecular weight excluding hydrogens is 404 g/mol. The zero-order chi connectivity index (χ0) is 22.3. The summed E-state index contributed by atoms with van der Waals surface area (Å²) in [4.78, 5) is 16.8. The van der Waals surface area contributed by atoms with Gasteiger partial charge in [0.25, 0.3) is 0 Å². The number of morpholine rings is 1. The van der Waals surface area contributed by atoms with Crippen LogP contribution in [0.3, 0.4) is 0 Å². The summed E-state index contributed by atoms with van der Waals surface area (Å²) in [6, 6.07) is 15.9. The predicted molar refractivity (Wildman–Crippen MR) is 127 cm³/mol. The van der Waals surface area contributed by atoms with Crippen LogP contribution in [0.25, 0.3) is 10.9 Å². The Balaban J connectivity index is 1.33. The molecule has 1 aliphatic rings. The summed E-state index contributed by atoms with van der Waals surface area (Å²) in [5.74, 6) is 0.841. The first-order valence-electron chi connectivity index (χ1n) is 11.3. The van der Waals surface area contributed by atoms with Gasteiger partial charge in [-0.15, -0.1) is 0 Å². The van der Waals surface area contributed by atoms with Gasteiger partial charge in [-0.05, 0) is 48.9 Å². The number of carbonyl (C=O) groups is 1. The SMILES string of the molecule is CCOc1ccc(CN(C)C(=O)Nc2ccc3c(ccn3CCN3CCOCC3)c2)cc1. The monoisotopic (exact) mass is 436 g/mol. The molecule has 2 heterocycles. The Morgan fingerprint density at radius 2 is 1.88 bits per heavy atom. The van der Waals surface area contributed by atoms with Crippen molar-refractivity contribution in [1.82, 2.24) is 14.4 Å². The molecule has 0 unspecified atom stereocenters. The van der Waals surface area contributed by atoms with E-state index in [0.717, 1.165) is 61.8 Å². The number of urea groups is 1. The van der Waals surface area contributed by atoms with Crippen molar-refractivity contribution < 1.29 is 14.3 Å². The van der Waals surface area contributed by atoms with Gasteiger partial charge < -0.3 is 24.3 Å². The molecule has 1 N–H and O–H groups in total. The van der Waals surface area contributed by atoms with Crippen LogP contribution in [0.2, 0.25) is 0 Å². The van der Waals surface area contributed by atoms with Crippen molar-refractivity contribution in [3.63, 3.8) is 0 Å². The molecular formula is C25H32N4O3. The summed E-state index contributed by atoms with van der Waals surface area (Å²) < 4.78 is 13.2. The highest BCUT2D eigenvalue weighted by Gasteiger charge is 2.12. The number of nitrogens with one attached hydrogen (secondary N) is 1. The Kier molecular flexibility index (Phi) is 7.29. The first-order valence-corrected chi connectivity index (χ1v) is 11.3. The summed E-state index contributed by atoms with van der Waals surface area (Å²) in [5, 5.41) is 4.13. The Labute approximate surface area is 189 Å². The lowest BCUT2D eigenvalue weighted by molar-refractivity contribution is 0.0365. The van der Waals surface area contributed by atoms with Gasteiger partial charge in [0, 0.05) is 62.6 Å². The quantitative estimate of drug-likeness (QED) is 0.579. The van der Waals surface area contributed by atoms with Gasteiger partial charge in [0.15, 0.2) is 0 Å². The first kappa shape index (κ1) is 22.2. The van der Waals surface area contributed by atoms with E-state index in [1.807, 2.05) is 43.3 Å². The van der Waals surface area contributed by atoms with Gasteiger partial charge in [0.05, 0.1) is 19.8 Å². The minimum absolute atomic E-state index is 0.134. The number of ether oxygens (including phenoxy) is 2. The molecule has 1 fully saturated rings. The number of carbonyl (C=O) groups excluding carboxylic acids is 1. The molecule has 3 aromatic rings. The molecule has 1 saturated heterocycles. The van der Waals surface area contributed by atoms with Gasteiger partial charge in [-0.2, -0.15) is 0 Å². The van der Waals surface area contributed by atoms with Gasteiger partial charge in [0.1, 0.15) is 5.75 Å². The summed E-state index contributed by atoms with van der Waals surface area (Å²) in [5.41, 5.74) is 3.03. The molecule has 0 radical (unpaired) electrons. The number of anilines is 1. The fourth-order valence-electron chi connectivity index (χ4n) is 3.97. The Morgan fingerprint density at radius 3 is 2.62 bits per heavy atom. The van der Waals surface area contributed by atoms with Gasteiger partial charge in [-0.3, -0.25) is 4.90 Å². The number of hydrogen-bond acceptors (Lipinski definition) is 4. The fourth-order valence-corrected chi connectivity index (χ4v) is 3.97. The second-order valence-electron chi connectivity index (χ2n) is 8.10. The smallest absolute Gasteiger partial charge is 0.321 e. The lowest BCUT2D eigenvalue weighted by Gasteiger charge is -2.26. The zero-order valence-electron chi connectivity index (χ0n) is 18.9. The minimum Gasteiger partial charge on any atom is -0.494 e. The number of nitrogens with zero attached hydrogens (tertiary/aromatic N) is 3. The molecule has 0 spiro atoms. The molecule has 0 bridgehead atoms. The van der Waals surface area contributed by atoms with Crippen molar-refractivity contribution in [2.45, 2.75) is 20.0 Å². The summed E-state index contributed by atoms with van der Waals surface area (Å²) in [6.07, 6.45) is 2.12. The minimum atomic E-state index is -0.134. The van der Waals surface area contributed by atoms with Crippen LogP contribution in [0.15, 0.2) is 54.7 Å². The van der Waals surface area contributed by atoms with Crippen LogP contribution in [0.5, 0.6) is 5.75 Å². The van der Waals surface area contributed by atoms with Gasteiger partial charge in [-0.25, -0.2) is 4.79 Å². The van der Waals surface area contributed by atoms with E-state index in [2.05, 4.69) is 33.1 Å². The molecule has 1 aromatic heterocycles. The topological polar surface area (TPSA) is 59.0 Å². The zero-order valence-corrected chi connectivity index (χ0v) is 18.9. The molecule has 32 heavy (non-hydrogen) atoms. The summed E-state index contributed by atoms with van der Waals surface area (Å²) in [6.45, 7) is 8.73. The lowest BCUT2D eigenvalue weighted by Crippen LogP contribution is -2.38. The fraction of sp³-hybridized carbons (Fsp3) is 0.400. The van der Waals surface area contributed by atoms with Crippen molar-refractivity contribution in [3.05, 3.63) is 60.3 Å². The molecule has 2 aromatic carbocycles. The van der Waals surface area contributed by atoms with Crippen LogP contribution in [-0.2, 0) is 17.8 Å². The standard InChI is InChI=1S/C25H32N4O3/c1-3-32-23-7-4-20(5-8-23)19-27(2)25(30)26-22-6-9-24-21(18-22)10-11-29(24)13-12-28-14-16-31-17-15-28/h4-11,18H,3,12-17,19H2,1-2H3,(H,26,30). The van der Waals surface area contributed by atoms with Crippen LogP contribution in [0, 0.1) is 0 Å². The average Bonchev–Trinajstić information content (AvgIpc) is 3.22.